The lowest BCUT2D eigenvalue weighted by Gasteiger charge is -2.12. The number of halogens is 1. The van der Waals surface area contributed by atoms with E-state index >= 15 is 0 Å². The van der Waals surface area contributed by atoms with Gasteiger partial charge in [0.25, 0.3) is 5.91 Å². The molecule has 0 fully saturated rings. The molecule has 0 aliphatic heterocycles. The highest BCUT2D eigenvalue weighted by atomic mass is 35.5. The van der Waals surface area contributed by atoms with Crippen molar-refractivity contribution in [1.82, 2.24) is 10.3 Å². The molecule has 1 aromatic heterocycles. The third kappa shape index (κ3) is 4.30. The predicted molar refractivity (Wildman–Crippen MR) is 84.4 cm³/mol. The first-order valence-electron chi connectivity index (χ1n) is 6.18. The third-order valence-corrected chi connectivity index (χ3v) is 3.77. The molecule has 0 radical (unpaired) electrons. The number of amides is 1. The summed E-state index contributed by atoms with van der Waals surface area (Å²) in [6.07, 6.45) is 0. The molecule has 1 heterocycles. The summed E-state index contributed by atoms with van der Waals surface area (Å²) in [5, 5.41) is 5.42. The Morgan fingerprint density at radius 3 is 2.70 bits per heavy atom. The van der Waals surface area contributed by atoms with E-state index in [4.69, 9.17) is 5.73 Å². The normalized spacial score (nSPS) is 11.5. The number of nitrogens with one attached hydrogen (secondary N) is 1. The number of benzene rings is 1. The van der Waals surface area contributed by atoms with Gasteiger partial charge in [0.1, 0.15) is 10.7 Å². The van der Waals surface area contributed by atoms with Gasteiger partial charge in [0.05, 0.1) is 0 Å². The number of rotatable bonds is 5. The molecule has 20 heavy (non-hydrogen) atoms. The molecule has 2 aromatic rings. The highest BCUT2D eigenvalue weighted by Crippen LogP contribution is 2.14. The minimum Gasteiger partial charge on any atom is -0.350 e. The Bertz CT molecular complexity index is 544. The fourth-order valence-corrected chi connectivity index (χ4v) is 2.40. The van der Waals surface area contributed by atoms with Crippen molar-refractivity contribution in [1.29, 1.82) is 0 Å². The van der Waals surface area contributed by atoms with Crippen molar-refractivity contribution in [2.24, 2.45) is 5.73 Å². The highest BCUT2D eigenvalue weighted by Gasteiger charge is 2.12. The molecule has 1 atom stereocenters. The molecule has 0 aliphatic rings. The van der Waals surface area contributed by atoms with Gasteiger partial charge in [-0.25, -0.2) is 4.98 Å². The van der Waals surface area contributed by atoms with Crippen molar-refractivity contribution in [3.05, 3.63) is 52.0 Å². The number of nitrogens with two attached hydrogens (primary N) is 1. The quantitative estimate of drug-likeness (QED) is 0.891. The zero-order valence-corrected chi connectivity index (χ0v) is 12.8. The molecular formula is C14H18ClN3OS. The van der Waals surface area contributed by atoms with Crippen LogP contribution in [0.2, 0.25) is 0 Å². The van der Waals surface area contributed by atoms with E-state index in [2.05, 4.69) is 29.4 Å². The summed E-state index contributed by atoms with van der Waals surface area (Å²) in [6.45, 7) is 3.05. The van der Waals surface area contributed by atoms with Gasteiger partial charge < -0.3 is 11.1 Å². The molecular weight excluding hydrogens is 294 g/mol. The van der Waals surface area contributed by atoms with Crippen molar-refractivity contribution in [3.63, 3.8) is 0 Å². The van der Waals surface area contributed by atoms with Crippen LogP contribution in [-0.4, -0.2) is 17.4 Å². The van der Waals surface area contributed by atoms with Crippen LogP contribution in [0.3, 0.4) is 0 Å². The molecule has 6 heteroatoms. The Hall–Kier alpha value is -1.43. The lowest BCUT2D eigenvalue weighted by atomic mass is 10.0. The Balaban J connectivity index is 0.00000200. The second kappa shape index (κ2) is 7.99. The molecule has 3 N–H and O–H groups in total. The van der Waals surface area contributed by atoms with Gasteiger partial charge in [0.2, 0.25) is 0 Å². The van der Waals surface area contributed by atoms with Crippen molar-refractivity contribution < 1.29 is 4.79 Å². The predicted octanol–water partition coefficient (Wildman–Crippen LogP) is 2.56. The van der Waals surface area contributed by atoms with E-state index in [9.17, 15) is 4.79 Å². The highest BCUT2D eigenvalue weighted by molar-refractivity contribution is 7.09. The van der Waals surface area contributed by atoms with Crippen molar-refractivity contribution in [2.45, 2.75) is 19.4 Å². The summed E-state index contributed by atoms with van der Waals surface area (Å²) in [5.74, 6) is 0.136. The topological polar surface area (TPSA) is 68.0 Å². The summed E-state index contributed by atoms with van der Waals surface area (Å²) in [4.78, 5) is 16.1. The molecule has 0 saturated heterocycles. The van der Waals surface area contributed by atoms with Crippen LogP contribution in [0.1, 0.15) is 33.9 Å². The molecule has 1 aromatic carbocycles. The third-order valence-electron chi connectivity index (χ3n) is 2.90. The molecule has 0 bridgehead atoms. The summed E-state index contributed by atoms with van der Waals surface area (Å²) in [7, 11) is 0. The van der Waals surface area contributed by atoms with Gasteiger partial charge >= 0.3 is 0 Å². The molecule has 2 rings (SSSR count). The fourth-order valence-electron chi connectivity index (χ4n) is 1.74. The number of nitrogens with zero attached hydrogens (tertiary/aromatic N) is 1. The van der Waals surface area contributed by atoms with Gasteiger partial charge in [-0.05, 0) is 11.5 Å². The summed E-state index contributed by atoms with van der Waals surface area (Å²) in [5.41, 5.74) is 7.14. The van der Waals surface area contributed by atoms with Crippen LogP contribution in [0.4, 0.5) is 0 Å². The van der Waals surface area contributed by atoms with Gasteiger partial charge in [-0.15, -0.1) is 23.7 Å². The molecule has 0 spiro atoms. The number of aromatic nitrogens is 1. The van der Waals surface area contributed by atoms with Crippen LogP contribution in [0.15, 0.2) is 35.7 Å². The number of hydrogen-bond acceptors (Lipinski definition) is 4. The van der Waals surface area contributed by atoms with Crippen molar-refractivity contribution >= 4 is 29.7 Å². The maximum atomic E-state index is 11.9. The SMILES string of the molecule is CC(CNC(=O)c1csc(CN)n1)c1ccccc1.Cl. The largest absolute Gasteiger partial charge is 0.350 e. The van der Waals surface area contributed by atoms with Crippen molar-refractivity contribution in [2.75, 3.05) is 6.54 Å². The van der Waals surface area contributed by atoms with E-state index in [1.54, 1.807) is 5.38 Å². The number of carbonyl (C=O) groups excluding carboxylic acids is 1. The van der Waals surface area contributed by atoms with Gasteiger partial charge in [-0.2, -0.15) is 0 Å². The second-order valence-electron chi connectivity index (χ2n) is 4.35. The van der Waals surface area contributed by atoms with Crippen LogP contribution < -0.4 is 11.1 Å². The van der Waals surface area contributed by atoms with E-state index in [1.807, 2.05) is 18.2 Å². The molecule has 0 aliphatic carbocycles. The fraction of sp³-hybridized carbons (Fsp3) is 0.286. The Kier molecular flexibility index (Phi) is 6.64. The second-order valence-corrected chi connectivity index (χ2v) is 5.30. The average Bonchev–Trinajstić information content (AvgIpc) is 2.94. The van der Waals surface area contributed by atoms with Gasteiger partial charge in [0.15, 0.2) is 0 Å². The minimum absolute atomic E-state index is 0. The molecule has 1 amide bonds. The summed E-state index contributed by atoms with van der Waals surface area (Å²) in [6, 6.07) is 10.1. The lowest BCUT2D eigenvalue weighted by molar-refractivity contribution is 0.0947. The summed E-state index contributed by atoms with van der Waals surface area (Å²) >= 11 is 1.41. The summed E-state index contributed by atoms with van der Waals surface area (Å²) < 4.78 is 0. The Morgan fingerprint density at radius 2 is 2.10 bits per heavy atom. The van der Waals surface area contributed by atoms with Crippen LogP contribution >= 0.6 is 23.7 Å². The standard InChI is InChI=1S/C14H17N3OS.ClH/c1-10(11-5-3-2-4-6-11)8-16-14(18)12-9-19-13(7-15)17-12;/h2-6,9-10H,7-8,15H2,1H3,(H,16,18);1H. The molecule has 0 saturated carbocycles. The smallest absolute Gasteiger partial charge is 0.270 e. The number of carbonyl (C=O) groups is 1. The van der Waals surface area contributed by atoms with Gasteiger partial charge in [-0.3, -0.25) is 4.79 Å². The van der Waals surface area contributed by atoms with Gasteiger partial charge in [-0.1, -0.05) is 37.3 Å². The van der Waals surface area contributed by atoms with Gasteiger partial charge in [0, 0.05) is 18.5 Å². The Labute approximate surface area is 128 Å². The molecule has 108 valence electrons. The average molecular weight is 312 g/mol. The van der Waals surface area contributed by atoms with E-state index in [0.29, 0.717) is 18.8 Å². The van der Waals surface area contributed by atoms with Crippen molar-refractivity contribution in [3.8, 4) is 0 Å². The maximum Gasteiger partial charge on any atom is 0.270 e. The van der Waals surface area contributed by atoms with Crippen LogP contribution in [0, 0.1) is 0 Å². The zero-order valence-electron chi connectivity index (χ0n) is 11.2. The van der Waals surface area contributed by atoms with Crippen LogP contribution in [0.5, 0.6) is 0 Å². The zero-order chi connectivity index (χ0) is 13.7. The molecule has 4 nitrogen and oxygen atoms in total. The first-order chi connectivity index (χ1) is 9.20. The Morgan fingerprint density at radius 1 is 1.40 bits per heavy atom. The van der Waals surface area contributed by atoms with Crippen LogP contribution in [0.25, 0.3) is 0 Å². The van der Waals surface area contributed by atoms with E-state index in [-0.39, 0.29) is 24.2 Å². The van der Waals surface area contributed by atoms with Crippen LogP contribution in [-0.2, 0) is 6.54 Å². The first-order valence-corrected chi connectivity index (χ1v) is 7.06. The number of hydrogen-bond donors (Lipinski definition) is 2. The first kappa shape index (κ1) is 16.6. The van der Waals surface area contributed by atoms with E-state index < -0.39 is 0 Å². The monoisotopic (exact) mass is 311 g/mol. The van der Waals surface area contributed by atoms with E-state index in [1.165, 1.54) is 16.9 Å². The van der Waals surface area contributed by atoms with E-state index in [0.717, 1.165) is 5.01 Å². The molecule has 1 unspecified atom stereocenters. The minimum atomic E-state index is -0.140. The maximum absolute atomic E-state index is 11.9. The number of thiazole rings is 1. The lowest BCUT2D eigenvalue weighted by Crippen LogP contribution is -2.27.